The number of rotatable bonds is 0. The second kappa shape index (κ2) is 6.51. The highest BCUT2D eigenvalue weighted by molar-refractivity contribution is 6.33. The minimum absolute atomic E-state index is 0.226. The predicted octanol–water partition coefficient (Wildman–Crippen LogP) is 4.98. The molecule has 146 valence electrons. The van der Waals surface area contributed by atoms with Gasteiger partial charge >= 0.3 is 0 Å². The summed E-state index contributed by atoms with van der Waals surface area (Å²) in [6, 6.07) is 13.8. The molecule has 1 aromatic heterocycles. The number of pyridine rings is 1. The highest BCUT2D eigenvalue weighted by atomic mass is 19.2. The number of hydrogen-bond donors (Lipinski definition) is 0. The van der Waals surface area contributed by atoms with Crippen LogP contribution in [0.3, 0.4) is 0 Å². The monoisotopic (exact) mass is 411 g/mol. The van der Waals surface area contributed by atoms with Crippen LogP contribution in [0.5, 0.6) is 0 Å². The molecule has 3 aromatic rings. The minimum atomic E-state index is -1.52. The molecule has 0 atom stereocenters. The van der Waals surface area contributed by atoms with Crippen molar-refractivity contribution in [3.63, 3.8) is 0 Å². The van der Waals surface area contributed by atoms with Crippen molar-refractivity contribution in [3.05, 3.63) is 99.5 Å². The van der Waals surface area contributed by atoms with Crippen molar-refractivity contribution in [1.29, 1.82) is 10.5 Å². The SMILES string of the molecule is N#CC(C#N)=C1/C(=C2\c3ccccc3-c3ncccc32)C(=O)c2c(F)cc(F)c(F)c21. The maximum absolute atomic E-state index is 14.8. The zero-order valence-corrected chi connectivity index (χ0v) is 15.5. The molecule has 2 aromatic carbocycles. The molecular formula is C24H8F3N3O. The molecule has 7 heteroatoms. The number of benzene rings is 2. The molecule has 31 heavy (non-hydrogen) atoms. The van der Waals surface area contributed by atoms with Gasteiger partial charge in [0.2, 0.25) is 0 Å². The molecule has 2 aliphatic rings. The average molecular weight is 411 g/mol. The van der Waals surface area contributed by atoms with Crippen LogP contribution in [0.4, 0.5) is 13.2 Å². The van der Waals surface area contributed by atoms with Crippen LogP contribution in [0.15, 0.2) is 59.8 Å². The molecule has 0 unspecified atom stereocenters. The van der Waals surface area contributed by atoms with Crippen molar-refractivity contribution >= 4 is 16.9 Å². The number of aromatic nitrogens is 1. The number of ketones is 1. The maximum atomic E-state index is 14.8. The first-order valence-corrected chi connectivity index (χ1v) is 9.06. The molecule has 0 saturated carbocycles. The van der Waals surface area contributed by atoms with Gasteiger partial charge in [-0.15, -0.1) is 0 Å². The fourth-order valence-corrected chi connectivity index (χ4v) is 4.18. The molecule has 0 N–H and O–H groups in total. The molecule has 0 bridgehead atoms. The lowest BCUT2D eigenvalue weighted by molar-refractivity contribution is 0.104. The molecule has 4 nitrogen and oxygen atoms in total. The third kappa shape index (κ3) is 2.35. The van der Waals surface area contributed by atoms with Gasteiger partial charge in [0.1, 0.15) is 23.5 Å². The van der Waals surface area contributed by atoms with Gasteiger partial charge in [-0.3, -0.25) is 9.78 Å². The Balaban J connectivity index is 2.02. The summed E-state index contributed by atoms with van der Waals surface area (Å²) in [7, 11) is 0. The molecule has 0 aliphatic heterocycles. The summed E-state index contributed by atoms with van der Waals surface area (Å²) in [6.07, 6.45) is 1.57. The maximum Gasteiger partial charge on any atom is 0.198 e. The van der Waals surface area contributed by atoms with E-state index >= 15 is 0 Å². The number of carbonyl (C=O) groups excluding carboxylic acids is 1. The molecule has 0 radical (unpaired) electrons. The van der Waals surface area contributed by atoms with Gasteiger partial charge in [0.25, 0.3) is 0 Å². The number of nitriles is 2. The first kappa shape index (κ1) is 18.5. The van der Waals surface area contributed by atoms with Crippen molar-refractivity contribution < 1.29 is 18.0 Å². The van der Waals surface area contributed by atoms with Gasteiger partial charge < -0.3 is 0 Å². The van der Waals surface area contributed by atoms with E-state index in [0.717, 1.165) is 0 Å². The zero-order chi connectivity index (χ0) is 21.9. The van der Waals surface area contributed by atoms with Gasteiger partial charge in [0, 0.05) is 45.7 Å². The number of allylic oxidation sites excluding steroid dienone is 3. The average Bonchev–Trinajstić information content (AvgIpc) is 3.26. The summed E-state index contributed by atoms with van der Waals surface area (Å²) in [4.78, 5) is 17.7. The topological polar surface area (TPSA) is 77.5 Å². The second-order valence-electron chi connectivity index (χ2n) is 6.90. The summed E-state index contributed by atoms with van der Waals surface area (Å²) in [5, 5.41) is 19.0. The van der Waals surface area contributed by atoms with Gasteiger partial charge in [-0.2, -0.15) is 10.5 Å². The van der Waals surface area contributed by atoms with Gasteiger partial charge in [0.05, 0.1) is 11.3 Å². The number of fused-ring (bicyclic) bond motifs is 4. The van der Waals surface area contributed by atoms with Crippen LogP contribution >= 0.6 is 0 Å². The Morgan fingerprint density at radius 3 is 2.23 bits per heavy atom. The number of hydrogen-bond acceptors (Lipinski definition) is 4. The summed E-state index contributed by atoms with van der Waals surface area (Å²) in [5.74, 6) is -5.20. The number of nitrogens with zero attached hydrogens (tertiary/aromatic N) is 3. The first-order chi connectivity index (χ1) is 15.0. The Kier molecular flexibility index (Phi) is 3.89. The fourth-order valence-electron chi connectivity index (χ4n) is 4.18. The highest BCUT2D eigenvalue weighted by Gasteiger charge is 2.42. The second-order valence-corrected chi connectivity index (χ2v) is 6.90. The lowest BCUT2D eigenvalue weighted by atomic mass is 9.91. The van der Waals surface area contributed by atoms with Gasteiger partial charge in [0.15, 0.2) is 17.4 Å². The molecule has 0 spiro atoms. The third-order valence-corrected chi connectivity index (χ3v) is 5.38. The third-order valence-electron chi connectivity index (χ3n) is 5.38. The molecular weight excluding hydrogens is 403 g/mol. The molecule has 0 amide bonds. The molecule has 0 fully saturated rings. The van der Waals surface area contributed by atoms with Gasteiger partial charge in [-0.1, -0.05) is 30.3 Å². The van der Waals surface area contributed by atoms with Crippen molar-refractivity contribution in [2.75, 3.05) is 0 Å². The van der Waals surface area contributed by atoms with E-state index in [2.05, 4.69) is 4.98 Å². The Morgan fingerprint density at radius 1 is 0.839 bits per heavy atom. The largest absolute Gasteiger partial charge is 0.288 e. The van der Waals surface area contributed by atoms with E-state index in [0.29, 0.717) is 22.4 Å². The Labute approximate surface area is 173 Å². The van der Waals surface area contributed by atoms with Crippen LogP contribution < -0.4 is 0 Å². The van der Waals surface area contributed by atoms with E-state index in [4.69, 9.17) is 0 Å². The quantitative estimate of drug-likeness (QED) is 0.232. The van der Waals surface area contributed by atoms with E-state index in [1.54, 1.807) is 54.7 Å². The lowest BCUT2D eigenvalue weighted by Gasteiger charge is -2.09. The number of carbonyl (C=O) groups is 1. The Morgan fingerprint density at radius 2 is 1.52 bits per heavy atom. The van der Waals surface area contributed by atoms with Gasteiger partial charge in [-0.05, 0) is 11.6 Å². The van der Waals surface area contributed by atoms with Crippen LogP contribution in [0.1, 0.15) is 27.0 Å². The molecule has 5 rings (SSSR count). The standard InChI is InChI=1S/C24H8F3N3O/c25-15-8-16(26)22(27)20-17(11(9-28)10-29)21(24(31)19(15)20)18-12-4-1-2-5-13(12)23-14(18)6-3-7-30-23/h1-8H/b21-18-. The van der Waals surface area contributed by atoms with Crippen LogP contribution in [0.25, 0.3) is 22.4 Å². The van der Waals surface area contributed by atoms with Crippen LogP contribution in [0.2, 0.25) is 0 Å². The van der Waals surface area contributed by atoms with Crippen LogP contribution in [0, 0.1) is 40.1 Å². The molecule has 2 aliphatic carbocycles. The van der Waals surface area contributed by atoms with E-state index in [1.165, 1.54) is 0 Å². The predicted molar refractivity (Wildman–Crippen MR) is 104 cm³/mol. The van der Waals surface area contributed by atoms with Crippen molar-refractivity contribution in [3.8, 4) is 23.4 Å². The van der Waals surface area contributed by atoms with E-state index in [-0.39, 0.29) is 17.2 Å². The Bertz CT molecular complexity index is 1440. The normalized spacial score (nSPS) is 15.8. The summed E-state index contributed by atoms with van der Waals surface area (Å²) in [5.41, 5.74) is -0.0801. The Hall–Kier alpha value is -4.49. The summed E-state index contributed by atoms with van der Waals surface area (Å²) < 4.78 is 43.5. The fraction of sp³-hybridized carbons (Fsp3) is 0. The molecule has 1 heterocycles. The van der Waals surface area contributed by atoms with E-state index in [1.807, 2.05) is 0 Å². The van der Waals surface area contributed by atoms with Crippen molar-refractivity contribution in [2.45, 2.75) is 0 Å². The molecule has 0 saturated heterocycles. The van der Waals surface area contributed by atoms with Crippen molar-refractivity contribution in [1.82, 2.24) is 4.98 Å². The van der Waals surface area contributed by atoms with E-state index in [9.17, 15) is 28.5 Å². The van der Waals surface area contributed by atoms with Crippen LogP contribution in [-0.2, 0) is 0 Å². The number of Topliss-reactive ketones (excluding diaryl/α,β-unsaturated/α-hetero) is 1. The smallest absolute Gasteiger partial charge is 0.198 e. The zero-order valence-electron chi connectivity index (χ0n) is 15.5. The number of halogens is 3. The van der Waals surface area contributed by atoms with Crippen LogP contribution in [-0.4, -0.2) is 10.8 Å². The summed E-state index contributed by atoms with van der Waals surface area (Å²) in [6.45, 7) is 0. The summed E-state index contributed by atoms with van der Waals surface area (Å²) >= 11 is 0. The van der Waals surface area contributed by atoms with Gasteiger partial charge in [-0.25, -0.2) is 13.2 Å². The van der Waals surface area contributed by atoms with Crippen molar-refractivity contribution in [2.24, 2.45) is 0 Å². The minimum Gasteiger partial charge on any atom is -0.288 e. The lowest BCUT2D eigenvalue weighted by Crippen LogP contribution is -2.03. The highest BCUT2D eigenvalue weighted by Crippen LogP contribution is 2.51. The van der Waals surface area contributed by atoms with E-state index < -0.39 is 45.5 Å². The first-order valence-electron chi connectivity index (χ1n) is 9.06.